The van der Waals surface area contributed by atoms with E-state index in [0.717, 1.165) is 6.42 Å². The van der Waals surface area contributed by atoms with E-state index in [1.54, 1.807) is 0 Å². The molecular weight excluding hydrogens is 288 g/mol. The summed E-state index contributed by atoms with van der Waals surface area (Å²) in [5, 5.41) is 9.21. The van der Waals surface area contributed by atoms with Crippen LogP contribution < -0.4 is 4.74 Å². The molecule has 1 aliphatic heterocycles. The van der Waals surface area contributed by atoms with Crippen molar-refractivity contribution in [3.8, 4) is 5.88 Å². The van der Waals surface area contributed by atoms with E-state index < -0.39 is 17.4 Å². The molecule has 1 N–H and O–H groups in total. The van der Waals surface area contributed by atoms with Crippen LogP contribution in [0.1, 0.15) is 30.6 Å². The van der Waals surface area contributed by atoms with E-state index in [1.807, 2.05) is 0 Å². The lowest BCUT2D eigenvalue weighted by Crippen LogP contribution is -2.50. The number of aromatic nitrogens is 1. The first-order chi connectivity index (χ1) is 10.3. The summed E-state index contributed by atoms with van der Waals surface area (Å²) in [6.07, 6.45) is 2.19. The standard InChI is InChI=1S/C15H20N2O5/c1-15(2,14(19)20)17(3)13(18)10-4-6-16-12(8-10)22-11-5-7-21-9-11/h4,6,8,11H,5,7,9H2,1-3H3,(H,19,20). The van der Waals surface area contributed by atoms with Crippen molar-refractivity contribution in [2.24, 2.45) is 0 Å². The van der Waals surface area contributed by atoms with Crippen LogP contribution in [0.5, 0.6) is 5.88 Å². The fourth-order valence-corrected chi connectivity index (χ4v) is 1.97. The van der Waals surface area contributed by atoms with Gasteiger partial charge in [-0.3, -0.25) is 4.79 Å². The quantitative estimate of drug-likeness (QED) is 0.879. The van der Waals surface area contributed by atoms with E-state index in [4.69, 9.17) is 9.47 Å². The number of likely N-dealkylation sites (N-methyl/N-ethyl adjacent to an activating group) is 1. The third-order valence-electron chi connectivity index (χ3n) is 3.82. The highest BCUT2D eigenvalue weighted by atomic mass is 16.5. The van der Waals surface area contributed by atoms with Crippen LogP contribution in [0.4, 0.5) is 0 Å². The Hall–Kier alpha value is -2.15. The average Bonchev–Trinajstić information content (AvgIpc) is 2.98. The molecular formula is C15H20N2O5. The van der Waals surface area contributed by atoms with Gasteiger partial charge in [0.1, 0.15) is 11.6 Å². The van der Waals surface area contributed by atoms with Gasteiger partial charge in [-0.15, -0.1) is 0 Å². The Morgan fingerprint density at radius 1 is 1.50 bits per heavy atom. The molecule has 1 atom stereocenters. The van der Waals surface area contributed by atoms with Gasteiger partial charge in [0.25, 0.3) is 5.91 Å². The molecule has 1 amide bonds. The summed E-state index contributed by atoms with van der Waals surface area (Å²) < 4.78 is 10.9. The summed E-state index contributed by atoms with van der Waals surface area (Å²) in [7, 11) is 1.46. The summed E-state index contributed by atoms with van der Waals surface area (Å²) in [5.41, 5.74) is -0.971. The molecule has 1 unspecified atom stereocenters. The first-order valence-electron chi connectivity index (χ1n) is 7.04. The van der Waals surface area contributed by atoms with Gasteiger partial charge in [0.2, 0.25) is 5.88 Å². The number of pyridine rings is 1. The second kappa shape index (κ2) is 6.31. The molecule has 2 rings (SSSR count). The van der Waals surface area contributed by atoms with Gasteiger partial charge in [0, 0.05) is 31.3 Å². The van der Waals surface area contributed by atoms with Crippen LogP contribution in [-0.2, 0) is 9.53 Å². The van der Waals surface area contributed by atoms with E-state index >= 15 is 0 Å². The van der Waals surface area contributed by atoms with Gasteiger partial charge in [0.05, 0.1) is 13.2 Å². The number of ether oxygens (including phenoxy) is 2. The number of hydrogen-bond acceptors (Lipinski definition) is 5. The van der Waals surface area contributed by atoms with E-state index in [1.165, 1.54) is 44.1 Å². The second-order valence-electron chi connectivity index (χ2n) is 5.71. The summed E-state index contributed by atoms with van der Waals surface area (Å²) in [6.45, 7) is 4.11. The molecule has 1 saturated heterocycles. The summed E-state index contributed by atoms with van der Waals surface area (Å²) in [4.78, 5) is 29.0. The largest absolute Gasteiger partial charge is 0.480 e. The van der Waals surface area contributed by atoms with Gasteiger partial charge < -0.3 is 19.5 Å². The van der Waals surface area contributed by atoms with Gasteiger partial charge >= 0.3 is 5.97 Å². The molecule has 1 aromatic heterocycles. The Morgan fingerprint density at radius 2 is 2.23 bits per heavy atom. The molecule has 1 aromatic rings. The summed E-state index contributed by atoms with van der Waals surface area (Å²) in [6, 6.07) is 3.06. The topological polar surface area (TPSA) is 89.0 Å². The highest BCUT2D eigenvalue weighted by molar-refractivity contribution is 5.97. The predicted molar refractivity (Wildman–Crippen MR) is 77.9 cm³/mol. The van der Waals surface area contributed by atoms with E-state index in [2.05, 4.69) is 4.98 Å². The molecule has 0 aliphatic carbocycles. The number of carbonyl (C=O) groups is 2. The van der Waals surface area contributed by atoms with Gasteiger partial charge in [-0.25, -0.2) is 9.78 Å². The zero-order valence-corrected chi connectivity index (χ0v) is 12.9. The smallest absolute Gasteiger partial charge is 0.329 e. The zero-order valence-electron chi connectivity index (χ0n) is 12.9. The van der Waals surface area contributed by atoms with Gasteiger partial charge in [-0.05, 0) is 19.9 Å². The summed E-state index contributed by atoms with van der Waals surface area (Å²) >= 11 is 0. The highest BCUT2D eigenvalue weighted by Gasteiger charge is 2.35. The molecule has 1 aliphatic rings. The Morgan fingerprint density at radius 3 is 2.82 bits per heavy atom. The van der Waals surface area contributed by atoms with Crippen molar-refractivity contribution in [1.29, 1.82) is 0 Å². The monoisotopic (exact) mass is 308 g/mol. The molecule has 0 aromatic carbocycles. The van der Waals surface area contributed by atoms with Crippen LogP contribution in [0.3, 0.4) is 0 Å². The van der Waals surface area contributed by atoms with E-state index in [0.29, 0.717) is 24.7 Å². The number of rotatable bonds is 5. The van der Waals surface area contributed by atoms with E-state index in [9.17, 15) is 14.7 Å². The molecule has 0 bridgehead atoms. The molecule has 0 spiro atoms. The van der Waals surface area contributed by atoms with Gasteiger partial charge in [0.15, 0.2) is 0 Å². The van der Waals surface area contributed by atoms with Crippen molar-refractivity contribution in [1.82, 2.24) is 9.88 Å². The van der Waals surface area contributed by atoms with Crippen molar-refractivity contribution in [2.45, 2.75) is 31.9 Å². The fourth-order valence-electron chi connectivity index (χ4n) is 1.97. The number of carbonyl (C=O) groups excluding carboxylic acids is 1. The highest BCUT2D eigenvalue weighted by Crippen LogP contribution is 2.20. The first kappa shape index (κ1) is 16.2. The number of hydrogen-bond donors (Lipinski definition) is 1. The minimum atomic E-state index is -1.30. The van der Waals surface area contributed by atoms with Crippen molar-refractivity contribution in [3.63, 3.8) is 0 Å². The lowest BCUT2D eigenvalue weighted by atomic mass is 10.0. The van der Waals surface area contributed by atoms with Crippen LogP contribution in [-0.4, -0.2) is 58.8 Å². The zero-order chi connectivity index (χ0) is 16.3. The number of aliphatic carboxylic acids is 1. The van der Waals surface area contributed by atoms with Crippen LogP contribution in [0.25, 0.3) is 0 Å². The number of carboxylic acid groups (broad SMARTS) is 1. The molecule has 7 heteroatoms. The minimum Gasteiger partial charge on any atom is -0.480 e. The number of carboxylic acids is 1. The van der Waals surface area contributed by atoms with Gasteiger partial charge in [-0.1, -0.05) is 0 Å². The predicted octanol–water partition coefficient (Wildman–Crippen LogP) is 1.18. The molecule has 0 saturated carbocycles. The second-order valence-corrected chi connectivity index (χ2v) is 5.71. The van der Waals surface area contributed by atoms with Crippen LogP contribution in [0.15, 0.2) is 18.3 Å². The van der Waals surface area contributed by atoms with Crippen LogP contribution in [0, 0.1) is 0 Å². The SMILES string of the molecule is CN(C(=O)c1ccnc(OC2CCOC2)c1)C(C)(C)C(=O)O. The molecule has 120 valence electrons. The Balaban J connectivity index is 2.14. The Bertz CT molecular complexity index is 567. The molecule has 2 heterocycles. The molecule has 0 radical (unpaired) electrons. The van der Waals surface area contributed by atoms with Crippen molar-refractivity contribution in [3.05, 3.63) is 23.9 Å². The fraction of sp³-hybridized carbons (Fsp3) is 0.533. The maximum absolute atomic E-state index is 12.4. The lowest BCUT2D eigenvalue weighted by Gasteiger charge is -2.31. The maximum Gasteiger partial charge on any atom is 0.329 e. The minimum absolute atomic E-state index is 0.0638. The third-order valence-corrected chi connectivity index (χ3v) is 3.82. The van der Waals surface area contributed by atoms with Crippen molar-refractivity contribution >= 4 is 11.9 Å². The van der Waals surface area contributed by atoms with Crippen molar-refractivity contribution in [2.75, 3.05) is 20.3 Å². The normalized spacial score (nSPS) is 18.0. The molecule has 22 heavy (non-hydrogen) atoms. The van der Waals surface area contributed by atoms with Gasteiger partial charge in [-0.2, -0.15) is 0 Å². The van der Waals surface area contributed by atoms with Crippen LogP contribution in [0.2, 0.25) is 0 Å². The molecule has 1 fully saturated rings. The Kier molecular flexibility index (Phi) is 4.65. The maximum atomic E-state index is 12.4. The number of nitrogens with zero attached hydrogens (tertiary/aromatic N) is 2. The third kappa shape index (κ3) is 3.36. The number of amides is 1. The van der Waals surface area contributed by atoms with Crippen LogP contribution >= 0.6 is 0 Å². The molecule has 7 nitrogen and oxygen atoms in total. The summed E-state index contributed by atoms with van der Waals surface area (Å²) in [5.74, 6) is -1.14. The first-order valence-corrected chi connectivity index (χ1v) is 7.04. The lowest BCUT2D eigenvalue weighted by molar-refractivity contribution is -0.147. The van der Waals surface area contributed by atoms with Crippen molar-refractivity contribution < 1.29 is 24.2 Å². The Labute approximate surface area is 128 Å². The van der Waals surface area contributed by atoms with E-state index in [-0.39, 0.29) is 6.10 Å². The average molecular weight is 308 g/mol.